The number of carbonyl (C=O) groups excluding carboxylic acids is 1. The van der Waals surface area contributed by atoms with Crippen LogP contribution in [0.2, 0.25) is 0 Å². The Kier molecular flexibility index (Phi) is 15.5. The topological polar surface area (TPSA) is 103 Å². The quantitative estimate of drug-likeness (QED) is 0.0604. The van der Waals surface area contributed by atoms with Crippen molar-refractivity contribution in [2.24, 2.45) is 5.41 Å². The molecule has 1 fully saturated rings. The molecule has 0 unspecified atom stereocenters. The van der Waals surface area contributed by atoms with Crippen molar-refractivity contribution in [3.05, 3.63) is 156 Å². The standard InChI is InChI=1S/C17H18O2.C14H12.C4H6N2O2.2Rh/c1-16(15(18)19)12-17(16,13-8-4-2-5-9-13)14-10-6-3-7-11-14;1-12(13-8-4-2-5-9-13)14-10-6-3-7-11-14;1-3(6-5)4(7)8-2;;/h2-11,15,18-19H,12H2,1H3;2-11H,1H2;1-2H3;;/t16-;;;;/m1..../s1. The molecule has 1 aliphatic rings. The van der Waals surface area contributed by atoms with Gasteiger partial charge in [-0.25, -0.2) is 4.79 Å². The molecular formula is C35H36N2O4Rh2. The van der Waals surface area contributed by atoms with E-state index >= 15 is 0 Å². The summed E-state index contributed by atoms with van der Waals surface area (Å²) in [7, 11) is 1.22. The van der Waals surface area contributed by atoms with Crippen LogP contribution in [0.1, 0.15) is 42.5 Å². The van der Waals surface area contributed by atoms with Crippen molar-refractivity contribution in [3.63, 3.8) is 0 Å². The number of esters is 1. The number of methoxy groups -OCH3 is 1. The summed E-state index contributed by atoms with van der Waals surface area (Å²) in [5, 5.41) is 19.5. The third kappa shape index (κ3) is 9.07. The fourth-order valence-electron chi connectivity index (χ4n) is 4.93. The number of benzene rings is 4. The molecule has 1 aliphatic carbocycles. The van der Waals surface area contributed by atoms with Crippen molar-refractivity contribution in [1.82, 2.24) is 0 Å². The van der Waals surface area contributed by atoms with Crippen LogP contribution in [0.3, 0.4) is 0 Å². The largest absolute Gasteiger partial charge is 0.460 e. The van der Waals surface area contributed by atoms with Crippen molar-refractivity contribution in [3.8, 4) is 0 Å². The zero-order chi connectivity index (χ0) is 29.9. The van der Waals surface area contributed by atoms with E-state index in [4.69, 9.17) is 5.53 Å². The Morgan fingerprint density at radius 1 is 0.791 bits per heavy atom. The minimum Gasteiger partial charge on any atom is -0.460 e. The minimum atomic E-state index is -1.31. The predicted octanol–water partition coefficient (Wildman–Crippen LogP) is 6.29. The van der Waals surface area contributed by atoms with Crippen molar-refractivity contribution < 1.29 is 63.5 Å². The van der Waals surface area contributed by atoms with Gasteiger partial charge in [-0.05, 0) is 34.2 Å². The van der Waals surface area contributed by atoms with Gasteiger partial charge in [0.1, 0.15) is 0 Å². The second-order valence-corrected chi connectivity index (χ2v) is 9.99. The molecule has 228 valence electrons. The maximum atomic E-state index is 10.2. The van der Waals surface area contributed by atoms with Gasteiger partial charge in [0.25, 0.3) is 0 Å². The summed E-state index contributed by atoms with van der Waals surface area (Å²) < 4.78 is 4.17. The summed E-state index contributed by atoms with van der Waals surface area (Å²) in [6.45, 7) is 7.39. The van der Waals surface area contributed by atoms with E-state index in [2.05, 4.69) is 64.6 Å². The number of nitrogens with zero attached hydrogens (tertiary/aromatic N) is 2. The third-order valence-corrected chi connectivity index (χ3v) is 7.46. The van der Waals surface area contributed by atoms with Crippen molar-refractivity contribution in [2.75, 3.05) is 7.11 Å². The summed E-state index contributed by atoms with van der Waals surface area (Å²) in [6, 6.07) is 40.7. The van der Waals surface area contributed by atoms with Crippen LogP contribution < -0.4 is 0 Å². The molecule has 6 nitrogen and oxygen atoms in total. The second-order valence-electron chi connectivity index (χ2n) is 9.99. The smallest absolute Gasteiger partial charge is 0.416 e. The number of ether oxygens (including phenoxy) is 1. The fourth-order valence-corrected chi connectivity index (χ4v) is 4.93. The number of aliphatic hydroxyl groups is 2. The first kappa shape index (κ1) is 37.7. The van der Waals surface area contributed by atoms with E-state index in [0.717, 1.165) is 23.1 Å². The van der Waals surface area contributed by atoms with Crippen molar-refractivity contribution in [1.29, 1.82) is 0 Å². The number of aliphatic hydroxyl groups excluding tert-OH is 1. The van der Waals surface area contributed by atoms with Crippen LogP contribution in [0.4, 0.5) is 0 Å². The molecule has 4 aromatic rings. The first-order valence-corrected chi connectivity index (χ1v) is 13.2. The van der Waals surface area contributed by atoms with Crippen LogP contribution >= 0.6 is 0 Å². The van der Waals surface area contributed by atoms with Gasteiger partial charge in [0, 0.05) is 56.7 Å². The molecule has 0 heterocycles. The van der Waals surface area contributed by atoms with Gasteiger partial charge >= 0.3 is 11.7 Å². The van der Waals surface area contributed by atoms with Gasteiger partial charge in [0.05, 0.1) is 7.11 Å². The number of rotatable bonds is 6. The molecular weight excluding hydrogens is 718 g/mol. The van der Waals surface area contributed by atoms with E-state index in [-0.39, 0.29) is 50.1 Å². The Morgan fingerprint density at radius 2 is 1.14 bits per heavy atom. The number of hydrogen-bond donors (Lipinski definition) is 2. The molecule has 8 heteroatoms. The van der Waals surface area contributed by atoms with E-state index in [9.17, 15) is 15.0 Å². The second kappa shape index (κ2) is 17.7. The summed E-state index contributed by atoms with van der Waals surface area (Å²) in [6.07, 6.45) is -0.556. The predicted molar refractivity (Wildman–Crippen MR) is 162 cm³/mol. The van der Waals surface area contributed by atoms with Crippen LogP contribution in [0.15, 0.2) is 128 Å². The van der Waals surface area contributed by atoms with Gasteiger partial charge < -0.3 is 20.5 Å². The molecule has 0 spiro atoms. The molecule has 4 aromatic carbocycles. The zero-order valence-electron chi connectivity index (χ0n) is 24.3. The van der Waals surface area contributed by atoms with Gasteiger partial charge in [-0.1, -0.05) is 135 Å². The number of hydrogen-bond acceptors (Lipinski definition) is 4. The van der Waals surface area contributed by atoms with E-state index in [1.54, 1.807) is 0 Å². The molecule has 0 aliphatic heterocycles. The van der Waals surface area contributed by atoms with Gasteiger partial charge in [-0.3, -0.25) is 0 Å². The van der Waals surface area contributed by atoms with E-state index in [1.807, 2.05) is 79.7 Å². The van der Waals surface area contributed by atoms with Crippen LogP contribution in [0.25, 0.3) is 11.1 Å². The number of carbonyl (C=O) groups is 1. The molecule has 5 rings (SSSR count). The Balaban J connectivity index is 0.000000342. The van der Waals surface area contributed by atoms with Crippen LogP contribution in [-0.2, 0) is 53.9 Å². The SMILES string of the molecule is C=C(c1ccccc1)c1ccccc1.COC(=O)C(C)=[N+]=[N-].C[C@]1(C(O)O)CC1(c1ccccc1)c1ccccc1.[Rh].[Rh]. The first-order chi connectivity index (χ1) is 19.7. The monoisotopic (exact) mass is 754 g/mol. The molecule has 1 atom stereocenters. The van der Waals surface area contributed by atoms with Gasteiger partial charge in [0.2, 0.25) is 0 Å². The molecule has 2 N–H and O–H groups in total. The molecule has 0 aromatic heterocycles. The van der Waals surface area contributed by atoms with Crippen molar-refractivity contribution in [2.45, 2.75) is 32.0 Å². The Bertz CT molecular complexity index is 1400. The van der Waals surface area contributed by atoms with Crippen LogP contribution in [0.5, 0.6) is 0 Å². The van der Waals surface area contributed by atoms with E-state index in [1.165, 1.54) is 25.2 Å². The summed E-state index contributed by atoms with van der Waals surface area (Å²) in [5.74, 6) is -0.618. The van der Waals surface area contributed by atoms with Gasteiger partial charge in [-0.15, -0.1) is 0 Å². The Hall–Kier alpha value is -3.36. The van der Waals surface area contributed by atoms with Gasteiger partial charge in [-0.2, -0.15) is 4.79 Å². The summed E-state index contributed by atoms with van der Waals surface area (Å²) in [5.41, 5.74) is 12.8. The molecule has 2 radical (unpaired) electrons. The average Bonchev–Trinajstić information content (AvgIpc) is 3.70. The third-order valence-electron chi connectivity index (χ3n) is 7.46. The molecule has 0 saturated heterocycles. The molecule has 0 bridgehead atoms. The first-order valence-electron chi connectivity index (χ1n) is 13.2. The zero-order valence-corrected chi connectivity index (χ0v) is 27.6. The summed E-state index contributed by atoms with van der Waals surface area (Å²) in [4.78, 5) is 12.8. The normalized spacial score (nSPS) is 15.3. The minimum absolute atomic E-state index is 0. The van der Waals surface area contributed by atoms with Crippen LogP contribution in [0, 0.1) is 5.41 Å². The maximum absolute atomic E-state index is 10.2. The van der Waals surface area contributed by atoms with E-state index < -0.39 is 17.7 Å². The van der Waals surface area contributed by atoms with Gasteiger partial charge in [0.15, 0.2) is 6.29 Å². The maximum Gasteiger partial charge on any atom is 0.416 e. The molecule has 0 amide bonds. The Labute approximate surface area is 279 Å². The fraction of sp³-hybridized carbons (Fsp3) is 0.200. The van der Waals surface area contributed by atoms with Crippen LogP contribution in [-0.4, -0.2) is 40.1 Å². The average molecular weight is 754 g/mol. The summed E-state index contributed by atoms with van der Waals surface area (Å²) >= 11 is 0. The van der Waals surface area contributed by atoms with E-state index in [0.29, 0.717) is 0 Å². The van der Waals surface area contributed by atoms with Crippen molar-refractivity contribution >= 4 is 17.3 Å². The molecule has 43 heavy (non-hydrogen) atoms. The Morgan fingerprint density at radius 3 is 1.40 bits per heavy atom. The molecule has 1 saturated carbocycles.